The molecule has 0 aromatic rings. The van der Waals surface area contributed by atoms with Crippen molar-refractivity contribution in [2.45, 2.75) is 87.8 Å². The Balaban J connectivity index is 2.06. The van der Waals surface area contributed by atoms with E-state index >= 15 is 0 Å². The minimum atomic E-state index is -0.728. The molecule has 0 aromatic carbocycles. The van der Waals surface area contributed by atoms with Crippen LogP contribution < -0.4 is 0 Å². The maximum atomic E-state index is 14.3. The van der Waals surface area contributed by atoms with Crippen LogP contribution in [0.15, 0.2) is 25.3 Å². The number of likely N-dealkylation sites (tertiary alicyclic amines) is 1. The quantitative estimate of drug-likeness (QED) is 0.213. The second-order valence-corrected chi connectivity index (χ2v) is 12.9. The van der Waals surface area contributed by atoms with Crippen molar-refractivity contribution in [1.82, 2.24) is 9.80 Å². The third-order valence-corrected chi connectivity index (χ3v) is 10.3. The number of esters is 1. The number of amides is 2. The molecule has 7 nitrogen and oxygen atoms in total. The maximum absolute atomic E-state index is 14.3. The van der Waals surface area contributed by atoms with Gasteiger partial charge in [0.15, 0.2) is 0 Å². The van der Waals surface area contributed by atoms with Gasteiger partial charge in [0, 0.05) is 17.8 Å². The zero-order valence-electron chi connectivity index (χ0n) is 22.4. The SMILES string of the molecule is C=CCCOC(=O)[C@@H]1[C@H]2C(=O)N([C@@H](CO)C(C)C)C(C(=O)N(CC=C)CCCCC)C23CC[C@@]1(C)S3. The van der Waals surface area contributed by atoms with Crippen LogP contribution in [-0.4, -0.2) is 80.6 Å². The molecule has 2 amide bonds. The number of rotatable bonds is 14. The molecule has 1 N–H and O–H groups in total. The molecule has 2 unspecified atom stereocenters. The fraction of sp³-hybridized carbons (Fsp3) is 0.750. The summed E-state index contributed by atoms with van der Waals surface area (Å²) in [6.07, 6.45) is 8.33. The van der Waals surface area contributed by atoms with Crippen molar-refractivity contribution < 1.29 is 24.2 Å². The molecule has 2 bridgehead atoms. The number of hydrogen-bond donors (Lipinski definition) is 1. The molecule has 3 rings (SSSR count). The summed E-state index contributed by atoms with van der Waals surface area (Å²) in [5.74, 6) is -1.97. The van der Waals surface area contributed by atoms with Gasteiger partial charge in [0.1, 0.15) is 6.04 Å². The van der Waals surface area contributed by atoms with Crippen LogP contribution in [0, 0.1) is 17.8 Å². The molecular weight excluding hydrogens is 476 g/mol. The lowest BCUT2D eigenvalue weighted by molar-refractivity contribution is -0.156. The van der Waals surface area contributed by atoms with Gasteiger partial charge in [0.2, 0.25) is 11.8 Å². The van der Waals surface area contributed by atoms with Gasteiger partial charge in [-0.1, -0.05) is 45.8 Å². The van der Waals surface area contributed by atoms with Crippen molar-refractivity contribution in [3.63, 3.8) is 0 Å². The molecular formula is C28H44N2O5S. The maximum Gasteiger partial charge on any atom is 0.311 e. The van der Waals surface area contributed by atoms with Crippen molar-refractivity contribution >= 4 is 29.5 Å². The van der Waals surface area contributed by atoms with E-state index in [4.69, 9.17) is 4.74 Å². The third-order valence-electron chi connectivity index (χ3n) is 8.28. The number of hydrogen-bond acceptors (Lipinski definition) is 6. The first-order chi connectivity index (χ1) is 17.1. The Morgan fingerprint density at radius 3 is 2.58 bits per heavy atom. The summed E-state index contributed by atoms with van der Waals surface area (Å²) in [6, 6.07) is -1.23. The highest BCUT2D eigenvalue weighted by Crippen LogP contribution is 2.71. The van der Waals surface area contributed by atoms with Crippen LogP contribution in [0.3, 0.4) is 0 Å². The average molecular weight is 521 g/mol. The van der Waals surface area contributed by atoms with Crippen molar-refractivity contribution in [2.75, 3.05) is 26.3 Å². The summed E-state index contributed by atoms with van der Waals surface area (Å²) < 4.78 is 4.43. The standard InChI is InChI=1S/C28H44N2O5S/c1-7-10-12-16-29(15-9-3)25(33)23-28-14-13-27(6,36-28)22(26(34)35-17-11-8-2)21(28)24(32)30(23)20(18-31)19(4)5/h8-9,19-23,31H,2-3,7,10-18H2,1,4-6H3/t20-,21-,22-,23?,27+,28?/m0/s1. The fourth-order valence-electron chi connectivity index (χ4n) is 6.48. The van der Waals surface area contributed by atoms with E-state index in [2.05, 4.69) is 20.1 Å². The van der Waals surface area contributed by atoms with Gasteiger partial charge in [0.25, 0.3) is 0 Å². The normalized spacial score (nSPS) is 31.4. The van der Waals surface area contributed by atoms with E-state index in [0.717, 1.165) is 25.7 Å². The third kappa shape index (κ3) is 4.87. The molecule has 202 valence electrons. The molecule has 3 saturated heterocycles. The van der Waals surface area contributed by atoms with Crippen molar-refractivity contribution in [1.29, 1.82) is 0 Å². The van der Waals surface area contributed by atoms with Gasteiger partial charge >= 0.3 is 5.97 Å². The number of fused-ring (bicyclic) bond motifs is 1. The molecule has 3 heterocycles. The lowest BCUT2D eigenvalue weighted by Crippen LogP contribution is -2.58. The Morgan fingerprint density at radius 2 is 2.00 bits per heavy atom. The number of ether oxygens (including phenoxy) is 1. The van der Waals surface area contributed by atoms with Crippen LogP contribution in [0.4, 0.5) is 0 Å². The van der Waals surface area contributed by atoms with Crippen LogP contribution in [0.5, 0.6) is 0 Å². The van der Waals surface area contributed by atoms with Gasteiger partial charge in [-0.15, -0.1) is 24.9 Å². The highest BCUT2D eigenvalue weighted by atomic mass is 32.2. The topological polar surface area (TPSA) is 87.1 Å². The molecule has 6 atom stereocenters. The zero-order valence-corrected chi connectivity index (χ0v) is 23.2. The monoisotopic (exact) mass is 520 g/mol. The first-order valence-corrected chi connectivity index (χ1v) is 14.3. The van der Waals surface area contributed by atoms with Gasteiger partial charge in [-0.25, -0.2) is 0 Å². The van der Waals surface area contributed by atoms with E-state index in [1.165, 1.54) is 0 Å². The largest absolute Gasteiger partial charge is 0.465 e. The molecule has 0 aromatic heterocycles. The molecule has 36 heavy (non-hydrogen) atoms. The highest BCUT2D eigenvalue weighted by Gasteiger charge is 2.78. The number of aliphatic hydroxyl groups is 1. The summed E-state index contributed by atoms with van der Waals surface area (Å²) in [7, 11) is 0. The number of carbonyl (C=O) groups excluding carboxylic acids is 3. The summed E-state index contributed by atoms with van der Waals surface area (Å²) in [5, 5.41) is 10.3. The predicted molar refractivity (Wildman–Crippen MR) is 143 cm³/mol. The van der Waals surface area contributed by atoms with Crippen LogP contribution in [0.25, 0.3) is 0 Å². The minimum Gasteiger partial charge on any atom is -0.465 e. The Bertz CT molecular complexity index is 863. The lowest BCUT2D eigenvalue weighted by Gasteiger charge is -2.40. The number of carbonyl (C=O) groups is 3. The van der Waals surface area contributed by atoms with E-state index in [0.29, 0.717) is 25.9 Å². The van der Waals surface area contributed by atoms with E-state index in [-0.39, 0.29) is 36.9 Å². The molecule has 0 aliphatic carbocycles. The fourth-order valence-corrected chi connectivity index (χ4v) is 8.81. The molecule has 3 aliphatic heterocycles. The Morgan fingerprint density at radius 1 is 1.28 bits per heavy atom. The summed E-state index contributed by atoms with van der Waals surface area (Å²) in [6.45, 7) is 16.6. The van der Waals surface area contributed by atoms with Gasteiger partial charge in [-0.2, -0.15) is 0 Å². The van der Waals surface area contributed by atoms with Crippen molar-refractivity contribution in [3.8, 4) is 0 Å². The summed E-state index contributed by atoms with van der Waals surface area (Å²) >= 11 is 1.64. The van der Waals surface area contributed by atoms with Crippen LogP contribution >= 0.6 is 11.8 Å². The van der Waals surface area contributed by atoms with Crippen LogP contribution in [0.1, 0.15) is 66.2 Å². The molecule has 0 radical (unpaired) electrons. The van der Waals surface area contributed by atoms with Crippen molar-refractivity contribution in [2.24, 2.45) is 17.8 Å². The van der Waals surface area contributed by atoms with Gasteiger partial charge in [0.05, 0.1) is 35.8 Å². The van der Waals surface area contributed by atoms with Gasteiger partial charge in [-0.3, -0.25) is 14.4 Å². The molecule has 3 fully saturated rings. The summed E-state index contributed by atoms with van der Waals surface area (Å²) in [5.41, 5.74) is 0. The predicted octanol–water partition coefficient (Wildman–Crippen LogP) is 3.81. The van der Waals surface area contributed by atoms with Crippen molar-refractivity contribution in [3.05, 3.63) is 25.3 Å². The van der Waals surface area contributed by atoms with E-state index in [1.807, 2.05) is 25.7 Å². The Labute approximate surface area is 220 Å². The molecule has 3 aliphatic rings. The minimum absolute atomic E-state index is 0.0480. The number of unbranched alkanes of at least 4 members (excludes halogenated alkanes) is 2. The van der Waals surface area contributed by atoms with Gasteiger partial charge < -0.3 is 19.6 Å². The summed E-state index contributed by atoms with van der Waals surface area (Å²) in [4.78, 5) is 45.3. The Kier molecular flexibility index (Phi) is 9.36. The second-order valence-electron chi connectivity index (χ2n) is 11.0. The van der Waals surface area contributed by atoms with Crippen LogP contribution in [-0.2, 0) is 19.1 Å². The number of aliphatic hydroxyl groups excluding tert-OH is 1. The van der Waals surface area contributed by atoms with E-state index < -0.39 is 33.4 Å². The smallest absolute Gasteiger partial charge is 0.311 e. The first kappa shape index (κ1) is 28.8. The van der Waals surface area contributed by atoms with E-state index in [1.54, 1.807) is 28.8 Å². The van der Waals surface area contributed by atoms with Gasteiger partial charge in [-0.05, 0) is 38.5 Å². The highest BCUT2D eigenvalue weighted by molar-refractivity contribution is 8.02. The molecule has 0 saturated carbocycles. The molecule has 1 spiro atoms. The number of thioether (sulfide) groups is 1. The Hall–Kier alpha value is -1.80. The zero-order chi connectivity index (χ0) is 26.7. The lowest BCUT2D eigenvalue weighted by atomic mass is 9.66. The second kappa shape index (κ2) is 11.7. The molecule has 8 heteroatoms. The average Bonchev–Trinajstić information content (AvgIpc) is 3.40. The van der Waals surface area contributed by atoms with E-state index in [9.17, 15) is 19.5 Å². The van der Waals surface area contributed by atoms with Crippen LogP contribution in [0.2, 0.25) is 0 Å². The first-order valence-electron chi connectivity index (χ1n) is 13.4. The number of nitrogens with zero attached hydrogens (tertiary/aromatic N) is 2.